The molecule has 0 saturated heterocycles. The fraction of sp³-hybridized carbons (Fsp3) is 0.556. The van der Waals surface area contributed by atoms with Gasteiger partial charge >= 0.3 is 0 Å². The Kier molecular flexibility index (Phi) is 3.49. The van der Waals surface area contributed by atoms with Crippen molar-refractivity contribution >= 4 is 5.69 Å². The van der Waals surface area contributed by atoms with E-state index in [0.29, 0.717) is 11.6 Å². The minimum Gasteiger partial charge on any atom is -0.473 e. The van der Waals surface area contributed by atoms with Gasteiger partial charge in [-0.05, 0) is 12.8 Å². The Bertz CT molecular complexity index is 261. The summed E-state index contributed by atoms with van der Waals surface area (Å²) in [6, 6.07) is 0. The van der Waals surface area contributed by atoms with Crippen LogP contribution < -0.4 is 10.5 Å². The molecular weight excluding hydrogens is 166 g/mol. The van der Waals surface area contributed by atoms with Crippen LogP contribution in [0.2, 0.25) is 0 Å². The van der Waals surface area contributed by atoms with Gasteiger partial charge in [0.05, 0.1) is 6.20 Å². The minimum absolute atomic E-state index is 0.192. The summed E-state index contributed by atoms with van der Waals surface area (Å²) in [6.45, 7) is 4.15. The van der Waals surface area contributed by atoms with Gasteiger partial charge in [-0.2, -0.15) is 4.98 Å². The summed E-state index contributed by atoms with van der Waals surface area (Å²) in [5.74, 6) is 0.490. The van der Waals surface area contributed by atoms with Crippen molar-refractivity contribution in [1.82, 2.24) is 9.97 Å². The lowest BCUT2D eigenvalue weighted by molar-refractivity contribution is 0.186. The Balaban J connectivity index is 2.67. The van der Waals surface area contributed by atoms with Crippen LogP contribution in [0.3, 0.4) is 0 Å². The third-order valence-electron chi connectivity index (χ3n) is 1.89. The zero-order chi connectivity index (χ0) is 9.68. The van der Waals surface area contributed by atoms with Gasteiger partial charge < -0.3 is 10.5 Å². The average molecular weight is 181 g/mol. The molecule has 0 fully saturated rings. The molecule has 1 aromatic heterocycles. The largest absolute Gasteiger partial charge is 0.473 e. The second kappa shape index (κ2) is 4.64. The number of anilines is 1. The molecular formula is C9H15N3O. The van der Waals surface area contributed by atoms with Crippen LogP contribution in [-0.2, 0) is 0 Å². The molecule has 1 rings (SSSR count). The first-order valence-electron chi connectivity index (χ1n) is 4.50. The topological polar surface area (TPSA) is 61.0 Å². The molecule has 0 amide bonds. The van der Waals surface area contributed by atoms with E-state index in [2.05, 4.69) is 23.8 Å². The summed E-state index contributed by atoms with van der Waals surface area (Å²) in [5, 5.41) is 0. The van der Waals surface area contributed by atoms with Crippen molar-refractivity contribution in [2.24, 2.45) is 0 Å². The quantitative estimate of drug-likeness (QED) is 0.766. The van der Waals surface area contributed by atoms with Crippen molar-refractivity contribution in [3.8, 4) is 5.88 Å². The number of nitrogens with two attached hydrogens (primary N) is 1. The highest BCUT2D eigenvalue weighted by molar-refractivity contribution is 5.44. The highest BCUT2D eigenvalue weighted by Crippen LogP contribution is 2.18. The summed E-state index contributed by atoms with van der Waals surface area (Å²) >= 11 is 0. The number of ether oxygens (including phenoxy) is 1. The van der Waals surface area contributed by atoms with Gasteiger partial charge in [0.1, 0.15) is 18.1 Å². The van der Waals surface area contributed by atoms with Crippen LogP contribution in [0.5, 0.6) is 5.88 Å². The predicted molar refractivity (Wildman–Crippen MR) is 51.4 cm³/mol. The van der Waals surface area contributed by atoms with Crippen molar-refractivity contribution < 1.29 is 4.74 Å². The fourth-order valence-electron chi connectivity index (χ4n) is 1.04. The molecule has 0 spiro atoms. The normalized spacial score (nSPS) is 10.4. The van der Waals surface area contributed by atoms with Crippen LogP contribution in [0.4, 0.5) is 5.69 Å². The monoisotopic (exact) mass is 181 g/mol. The number of aromatic nitrogens is 2. The lowest BCUT2D eigenvalue weighted by Crippen LogP contribution is -2.15. The molecule has 0 aliphatic rings. The van der Waals surface area contributed by atoms with Crippen LogP contribution in [0.1, 0.15) is 26.7 Å². The molecule has 72 valence electrons. The van der Waals surface area contributed by atoms with E-state index in [1.165, 1.54) is 6.33 Å². The second-order valence-corrected chi connectivity index (χ2v) is 2.84. The molecule has 0 saturated carbocycles. The molecule has 0 radical (unpaired) electrons. The van der Waals surface area contributed by atoms with Gasteiger partial charge in [-0.25, -0.2) is 4.98 Å². The predicted octanol–water partition coefficient (Wildman–Crippen LogP) is 1.63. The lowest BCUT2D eigenvalue weighted by atomic mass is 10.2. The SMILES string of the molecule is CCC(CC)Oc1ncncc1N. The van der Waals surface area contributed by atoms with E-state index in [-0.39, 0.29) is 6.10 Å². The third kappa shape index (κ3) is 2.57. The Morgan fingerprint density at radius 3 is 2.69 bits per heavy atom. The Morgan fingerprint density at radius 1 is 1.46 bits per heavy atom. The van der Waals surface area contributed by atoms with Crippen LogP contribution in [-0.4, -0.2) is 16.1 Å². The summed E-state index contributed by atoms with van der Waals surface area (Å²) in [5.41, 5.74) is 6.12. The molecule has 0 aromatic carbocycles. The number of hydrogen-bond donors (Lipinski definition) is 1. The van der Waals surface area contributed by atoms with Gasteiger partial charge in [0.25, 0.3) is 0 Å². The highest BCUT2D eigenvalue weighted by Gasteiger charge is 2.08. The maximum atomic E-state index is 5.63. The number of rotatable bonds is 4. The maximum absolute atomic E-state index is 5.63. The zero-order valence-electron chi connectivity index (χ0n) is 8.03. The molecule has 0 unspecified atom stereocenters. The summed E-state index contributed by atoms with van der Waals surface area (Å²) in [4.78, 5) is 7.74. The molecule has 0 bridgehead atoms. The Hall–Kier alpha value is -1.32. The van der Waals surface area contributed by atoms with Crippen molar-refractivity contribution in [3.63, 3.8) is 0 Å². The summed E-state index contributed by atoms with van der Waals surface area (Å²) < 4.78 is 5.57. The van der Waals surface area contributed by atoms with Gasteiger partial charge in [-0.1, -0.05) is 13.8 Å². The first-order chi connectivity index (χ1) is 6.27. The number of hydrogen-bond acceptors (Lipinski definition) is 4. The zero-order valence-corrected chi connectivity index (χ0v) is 8.03. The fourth-order valence-corrected chi connectivity index (χ4v) is 1.04. The number of nitrogens with zero attached hydrogens (tertiary/aromatic N) is 2. The van der Waals surface area contributed by atoms with E-state index in [1.54, 1.807) is 6.20 Å². The van der Waals surface area contributed by atoms with Gasteiger partial charge in [-0.15, -0.1) is 0 Å². The molecule has 4 nitrogen and oxygen atoms in total. The Morgan fingerprint density at radius 2 is 2.15 bits per heavy atom. The molecule has 0 aliphatic heterocycles. The van der Waals surface area contributed by atoms with Crippen LogP contribution in [0, 0.1) is 0 Å². The van der Waals surface area contributed by atoms with Crippen molar-refractivity contribution in [2.45, 2.75) is 32.8 Å². The first kappa shape index (κ1) is 9.77. The van der Waals surface area contributed by atoms with Crippen molar-refractivity contribution in [2.75, 3.05) is 5.73 Å². The molecule has 1 aromatic rings. The molecule has 2 N–H and O–H groups in total. The first-order valence-corrected chi connectivity index (χ1v) is 4.50. The van der Waals surface area contributed by atoms with Crippen molar-refractivity contribution in [3.05, 3.63) is 12.5 Å². The standard InChI is InChI=1S/C9H15N3O/c1-3-7(4-2)13-9-8(10)5-11-6-12-9/h5-7H,3-4,10H2,1-2H3. The highest BCUT2D eigenvalue weighted by atomic mass is 16.5. The maximum Gasteiger partial charge on any atom is 0.240 e. The van der Waals surface area contributed by atoms with Gasteiger partial charge in [0, 0.05) is 0 Å². The minimum atomic E-state index is 0.192. The molecule has 0 atom stereocenters. The van der Waals surface area contributed by atoms with Gasteiger partial charge in [0.15, 0.2) is 0 Å². The molecule has 1 heterocycles. The number of nitrogen functional groups attached to an aromatic ring is 1. The average Bonchev–Trinajstić information content (AvgIpc) is 2.17. The van der Waals surface area contributed by atoms with E-state index in [0.717, 1.165) is 12.8 Å². The molecule has 0 aliphatic carbocycles. The smallest absolute Gasteiger partial charge is 0.240 e. The van der Waals surface area contributed by atoms with Gasteiger partial charge in [-0.3, -0.25) is 0 Å². The van der Waals surface area contributed by atoms with E-state index in [1.807, 2.05) is 0 Å². The third-order valence-corrected chi connectivity index (χ3v) is 1.89. The molecule has 4 heteroatoms. The van der Waals surface area contributed by atoms with E-state index in [4.69, 9.17) is 10.5 Å². The van der Waals surface area contributed by atoms with Crippen LogP contribution >= 0.6 is 0 Å². The van der Waals surface area contributed by atoms with Crippen LogP contribution in [0.25, 0.3) is 0 Å². The van der Waals surface area contributed by atoms with Gasteiger partial charge in [0.2, 0.25) is 5.88 Å². The van der Waals surface area contributed by atoms with Crippen LogP contribution in [0.15, 0.2) is 12.5 Å². The van der Waals surface area contributed by atoms with E-state index < -0.39 is 0 Å². The second-order valence-electron chi connectivity index (χ2n) is 2.84. The van der Waals surface area contributed by atoms with E-state index in [9.17, 15) is 0 Å². The Labute approximate surface area is 78.1 Å². The molecule has 13 heavy (non-hydrogen) atoms. The van der Waals surface area contributed by atoms with E-state index >= 15 is 0 Å². The summed E-state index contributed by atoms with van der Waals surface area (Å²) in [7, 11) is 0. The van der Waals surface area contributed by atoms with Crippen molar-refractivity contribution in [1.29, 1.82) is 0 Å². The lowest BCUT2D eigenvalue weighted by Gasteiger charge is -2.15. The summed E-state index contributed by atoms with van der Waals surface area (Å²) in [6.07, 6.45) is 5.09.